The number of ether oxygens (including phenoxy) is 1. The molecule has 0 atom stereocenters. The molecular formula is C16H22ClNOS. The van der Waals surface area contributed by atoms with Crippen molar-refractivity contribution < 1.29 is 4.74 Å². The Bertz CT molecular complexity index is 523. The van der Waals surface area contributed by atoms with E-state index in [0.29, 0.717) is 16.8 Å². The molecule has 1 aromatic heterocycles. The minimum atomic E-state index is 0.174. The number of rotatable bonds is 6. The van der Waals surface area contributed by atoms with Crippen molar-refractivity contribution >= 4 is 28.5 Å². The van der Waals surface area contributed by atoms with E-state index in [4.69, 9.17) is 16.3 Å². The summed E-state index contributed by atoms with van der Waals surface area (Å²) in [7, 11) is 0. The lowest BCUT2D eigenvalue weighted by Crippen LogP contribution is -2.09. The van der Waals surface area contributed by atoms with Crippen molar-refractivity contribution in [3.05, 3.63) is 46.1 Å². The molecule has 1 aromatic rings. The maximum Gasteiger partial charge on any atom is 0.184 e. The number of halogens is 1. The molecular weight excluding hydrogens is 290 g/mol. The van der Waals surface area contributed by atoms with E-state index in [-0.39, 0.29) is 5.41 Å². The van der Waals surface area contributed by atoms with Crippen molar-refractivity contribution in [2.24, 2.45) is 5.41 Å². The Kier molecular flexibility index (Phi) is 6.03. The molecule has 110 valence electrons. The summed E-state index contributed by atoms with van der Waals surface area (Å²) in [4.78, 5) is 5.59. The first-order valence-electron chi connectivity index (χ1n) is 6.58. The summed E-state index contributed by atoms with van der Waals surface area (Å²) < 4.78 is 5.92. The molecule has 0 N–H and O–H groups in total. The van der Waals surface area contributed by atoms with Crippen LogP contribution in [0.15, 0.2) is 31.1 Å². The van der Waals surface area contributed by atoms with Gasteiger partial charge in [0.05, 0.1) is 12.3 Å². The molecule has 0 amide bonds. The maximum absolute atomic E-state index is 6.09. The smallest absolute Gasteiger partial charge is 0.184 e. The fourth-order valence-corrected chi connectivity index (χ4v) is 3.24. The summed E-state index contributed by atoms with van der Waals surface area (Å²) in [6.07, 6.45) is 4.54. The zero-order valence-electron chi connectivity index (χ0n) is 12.6. The Morgan fingerprint density at radius 2 is 2.10 bits per heavy atom. The summed E-state index contributed by atoms with van der Waals surface area (Å²) in [6.45, 7) is 16.8. The Morgan fingerprint density at radius 3 is 2.60 bits per heavy atom. The lowest BCUT2D eigenvalue weighted by Gasteiger charge is -2.17. The van der Waals surface area contributed by atoms with E-state index in [0.717, 1.165) is 22.6 Å². The van der Waals surface area contributed by atoms with Crippen LogP contribution >= 0.6 is 22.9 Å². The van der Waals surface area contributed by atoms with Crippen LogP contribution < -0.4 is 0 Å². The molecule has 0 aliphatic heterocycles. The van der Waals surface area contributed by atoms with Gasteiger partial charge in [0.15, 0.2) is 4.47 Å². The van der Waals surface area contributed by atoms with E-state index < -0.39 is 0 Å². The van der Waals surface area contributed by atoms with Gasteiger partial charge in [-0.05, 0) is 24.8 Å². The highest BCUT2D eigenvalue weighted by Crippen LogP contribution is 2.34. The Hall–Kier alpha value is -1.06. The van der Waals surface area contributed by atoms with Gasteiger partial charge in [-0.1, -0.05) is 51.6 Å². The largest absolute Gasteiger partial charge is 0.494 e. The fourth-order valence-electron chi connectivity index (χ4n) is 1.77. The Labute approximate surface area is 130 Å². The van der Waals surface area contributed by atoms with Gasteiger partial charge in [0, 0.05) is 10.5 Å². The number of hydrogen-bond acceptors (Lipinski definition) is 3. The summed E-state index contributed by atoms with van der Waals surface area (Å²) in [5.41, 5.74) is 1.95. The van der Waals surface area contributed by atoms with Gasteiger partial charge in [-0.25, -0.2) is 4.98 Å². The lowest BCUT2D eigenvalue weighted by molar-refractivity contribution is 0.244. The van der Waals surface area contributed by atoms with Crippen LogP contribution in [-0.4, -0.2) is 11.6 Å². The second-order valence-corrected chi connectivity index (χ2v) is 7.34. The standard InChI is InChI=1S/C16H22ClNOS/c1-7-12(9-11(3)19-8-2)14-13(10-16(4,5)6)20-15(17)18-14/h7,9H,1,3,8,10H2,2,4-6H3/b12-9+. The third kappa shape index (κ3) is 5.14. The highest BCUT2D eigenvalue weighted by molar-refractivity contribution is 7.15. The number of aromatic nitrogens is 1. The number of nitrogens with zero attached hydrogens (tertiary/aromatic N) is 1. The Balaban J connectivity index is 3.16. The molecule has 2 nitrogen and oxygen atoms in total. The minimum absolute atomic E-state index is 0.174. The quantitative estimate of drug-likeness (QED) is 0.511. The van der Waals surface area contributed by atoms with Crippen molar-refractivity contribution in [3.63, 3.8) is 0 Å². The van der Waals surface area contributed by atoms with Gasteiger partial charge in [0.2, 0.25) is 0 Å². The molecule has 0 aliphatic rings. The zero-order chi connectivity index (χ0) is 15.3. The fraction of sp³-hybridized carbons (Fsp3) is 0.438. The summed E-state index contributed by atoms with van der Waals surface area (Å²) >= 11 is 7.61. The van der Waals surface area contributed by atoms with Gasteiger partial charge in [0.25, 0.3) is 0 Å². The van der Waals surface area contributed by atoms with Crippen LogP contribution in [0.1, 0.15) is 38.3 Å². The van der Waals surface area contributed by atoms with Crippen molar-refractivity contribution in [1.29, 1.82) is 0 Å². The molecule has 1 rings (SSSR count). The highest BCUT2D eigenvalue weighted by Gasteiger charge is 2.19. The second-order valence-electron chi connectivity index (χ2n) is 5.68. The molecule has 0 aromatic carbocycles. The highest BCUT2D eigenvalue weighted by atomic mass is 35.5. The van der Waals surface area contributed by atoms with E-state index in [1.807, 2.05) is 13.0 Å². The molecule has 0 fully saturated rings. The first-order chi connectivity index (χ1) is 9.26. The average Bonchev–Trinajstić information content (AvgIpc) is 2.65. The molecule has 20 heavy (non-hydrogen) atoms. The van der Waals surface area contributed by atoms with Crippen LogP contribution in [-0.2, 0) is 11.2 Å². The third-order valence-electron chi connectivity index (χ3n) is 2.50. The molecule has 0 saturated carbocycles. The van der Waals surface area contributed by atoms with Crippen molar-refractivity contribution in [2.75, 3.05) is 6.61 Å². The molecule has 4 heteroatoms. The topological polar surface area (TPSA) is 22.1 Å². The predicted octanol–water partition coefficient (Wildman–Crippen LogP) is 5.50. The van der Waals surface area contributed by atoms with Crippen LogP contribution in [0.3, 0.4) is 0 Å². The molecule has 0 radical (unpaired) electrons. The molecule has 0 aliphatic carbocycles. The first-order valence-corrected chi connectivity index (χ1v) is 7.77. The number of hydrogen-bond donors (Lipinski definition) is 0. The normalized spacial score (nSPS) is 12.3. The van der Waals surface area contributed by atoms with Crippen LogP contribution in [0.25, 0.3) is 5.57 Å². The van der Waals surface area contributed by atoms with Crippen molar-refractivity contribution in [2.45, 2.75) is 34.1 Å². The molecule has 0 spiro atoms. The molecule has 0 bridgehead atoms. The summed E-state index contributed by atoms with van der Waals surface area (Å²) in [5.74, 6) is 0.605. The Morgan fingerprint density at radius 1 is 1.45 bits per heavy atom. The summed E-state index contributed by atoms with van der Waals surface area (Å²) in [6, 6.07) is 0. The van der Waals surface area contributed by atoms with Gasteiger partial charge in [-0.15, -0.1) is 11.3 Å². The van der Waals surface area contributed by atoms with Crippen LogP contribution in [0.2, 0.25) is 4.47 Å². The van der Waals surface area contributed by atoms with Gasteiger partial charge < -0.3 is 4.74 Å². The number of allylic oxidation sites excluding steroid dienone is 3. The van der Waals surface area contributed by atoms with E-state index in [1.165, 1.54) is 11.3 Å². The van der Waals surface area contributed by atoms with Crippen molar-refractivity contribution in [1.82, 2.24) is 4.98 Å². The maximum atomic E-state index is 6.09. The zero-order valence-corrected chi connectivity index (χ0v) is 14.2. The first kappa shape index (κ1) is 17.0. The minimum Gasteiger partial charge on any atom is -0.494 e. The van der Waals surface area contributed by atoms with Crippen molar-refractivity contribution in [3.8, 4) is 0 Å². The van der Waals surface area contributed by atoms with Gasteiger partial charge >= 0.3 is 0 Å². The van der Waals surface area contributed by atoms with Gasteiger partial charge in [0.1, 0.15) is 5.76 Å². The van der Waals surface area contributed by atoms with Gasteiger partial charge in [-0.2, -0.15) is 0 Å². The van der Waals surface area contributed by atoms with E-state index >= 15 is 0 Å². The van der Waals surface area contributed by atoms with Crippen LogP contribution in [0.5, 0.6) is 0 Å². The second kappa shape index (κ2) is 7.09. The number of thiazole rings is 1. The van der Waals surface area contributed by atoms with Crippen LogP contribution in [0.4, 0.5) is 0 Å². The summed E-state index contributed by atoms with van der Waals surface area (Å²) in [5, 5.41) is 0. The predicted molar refractivity (Wildman–Crippen MR) is 89.2 cm³/mol. The van der Waals surface area contributed by atoms with Gasteiger partial charge in [-0.3, -0.25) is 0 Å². The molecule has 1 heterocycles. The van der Waals surface area contributed by atoms with Crippen LogP contribution in [0, 0.1) is 5.41 Å². The average molecular weight is 312 g/mol. The van der Waals surface area contributed by atoms with E-state index in [9.17, 15) is 0 Å². The van der Waals surface area contributed by atoms with E-state index in [2.05, 4.69) is 38.9 Å². The third-order valence-corrected chi connectivity index (χ3v) is 3.66. The van der Waals surface area contributed by atoms with E-state index in [1.54, 1.807) is 6.08 Å². The molecule has 0 saturated heterocycles. The lowest BCUT2D eigenvalue weighted by atomic mass is 9.90. The molecule has 0 unspecified atom stereocenters. The SMILES string of the molecule is C=C/C(=C\C(=C)OCC)c1nc(Cl)sc1CC(C)(C)C. The monoisotopic (exact) mass is 311 g/mol.